The van der Waals surface area contributed by atoms with Crippen LogP contribution in [-0.2, 0) is 0 Å². The smallest absolute Gasteiger partial charge is 0.283 e. The molecule has 0 saturated carbocycles. The summed E-state index contributed by atoms with van der Waals surface area (Å²) in [4.78, 5) is 28.2. The lowest BCUT2D eigenvalue weighted by molar-refractivity contribution is -0.387. The Morgan fingerprint density at radius 1 is 1.33 bits per heavy atom. The highest BCUT2D eigenvalue weighted by atomic mass is 32.2. The number of aliphatic hydroxyl groups is 1. The second-order valence-corrected chi connectivity index (χ2v) is 6.73. The maximum atomic E-state index is 12.6. The Labute approximate surface area is 158 Å². The monoisotopic (exact) mass is 384 g/mol. The van der Waals surface area contributed by atoms with E-state index in [1.54, 1.807) is 43.3 Å². The SMILES string of the molecule is Cc1nc2ccccc2c(=O)n1/N=C\c1ccc(SCCO)c([N+](=O)[O-])c1. The number of thioether (sulfide) groups is 1. The molecule has 1 N–H and O–H groups in total. The Hall–Kier alpha value is -3.04. The number of aliphatic hydroxyl groups excluding tert-OH is 1. The third-order valence-electron chi connectivity index (χ3n) is 3.77. The molecule has 0 radical (unpaired) electrons. The fourth-order valence-corrected chi connectivity index (χ4v) is 3.29. The third kappa shape index (κ3) is 4.04. The van der Waals surface area contributed by atoms with Gasteiger partial charge in [0.25, 0.3) is 11.2 Å². The number of nitro groups is 1. The van der Waals surface area contributed by atoms with E-state index in [2.05, 4.69) is 10.1 Å². The Kier molecular flexibility index (Phi) is 5.63. The van der Waals surface area contributed by atoms with Gasteiger partial charge >= 0.3 is 0 Å². The molecule has 3 rings (SSSR count). The van der Waals surface area contributed by atoms with Gasteiger partial charge in [-0.3, -0.25) is 14.9 Å². The van der Waals surface area contributed by atoms with Gasteiger partial charge in [-0.2, -0.15) is 9.78 Å². The highest BCUT2D eigenvalue weighted by Crippen LogP contribution is 2.29. The van der Waals surface area contributed by atoms with E-state index in [0.717, 1.165) is 0 Å². The largest absolute Gasteiger partial charge is 0.396 e. The minimum atomic E-state index is -0.480. The Morgan fingerprint density at radius 3 is 2.85 bits per heavy atom. The highest BCUT2D eigenvalue weighted by Gasteiger charge is 2.14. The molecule has 1 heterocycles. The van der Waals surface area contributed by atoms with Crippen LogP contribution in [-0.4, -0.2) is 38.3 Å². The van der Waals surface area contributed by atoms with E-state index < -0.39 is 4.92 Å². The number of aryl methyl sites for hydroxylation is 1. The van der Waals surface area contributed by atoms with Crippen molar-refractivity contribution in [3.63, 3.8) is 0 Å². The summed E-state index contributed by atoms with van der Waals surface area (Å²) in [5.41, 5.74) is 0.693. The van der Waals surface area contributed by atoms with Gasteiger partial charge in [0.1, 0.15) is 5.82 Å². The summed E-state index contributed by atoms with van der Waals surface area (Å²) in [7, 11) is 0. The van der Waals surface area contributed by atoms with Gasteiger partial charge in [-0.15, -0.1) is 11.8 Å². The lowest BCUT2D eigenvalue weighted by Gasteiger charge is -2.05. The Balaban J connectivity index is 1.99. The van der Waals surface area contributed by atoms with Crippen molar-refractivity contribution in [3.05, 3.63) is 74.3 Å². The quantitative estimate of drug-likeness (QED) is 0.303. The molecule has 0 spiro atoms. The van der Waals surface area contributed by atoms with Crippen molar-refractivity contribution in [1.29, 1.82) is 0 Å². The molecule has 138 valence electrons. The molecule has 9 heteroatoms. The normalized spacial score (nSPS) is 11.3. The number of benzene rings is 2. The van der Waals surface area contributed by atoms with Crippen molar-refractivity contribution in [1.82, 2.24) is 9.66 Å². The van der Waals surface area contributed by atoms with Crippen molar-refractivity contribution in [2.75, 3.05) is 12.4 Å². The summed E-state index contributed by atoms with van der Waals surface area (Å²) in [6.45, 7) is 1.60. The molecule has 0 aliphatic heterocycles. The number of para-hydroxylation sites is 1. The number of hydrogen-bond acceptors (Lipinski definition) is 7. The summed E-state index contributed by atoms with van der Waals surface area (Å²) in [6.07, 6.45) is 1.39. The van der Waals surface area contributed by atoms with Gasteiger partial charge in [0.05, 0.1) is 33.5 Å². The summed E-state index contributed by atoms with van der Waals surface area (Å²) in [5, 5.41) is 24.8. The van der Waals surface area contributed by atoms with E-state index in [1.807, 2.05) is 0 Å². The van der Waals surface area contributed by atoms with Gasteiger partial charge in [-0.05, 0) is 25.1 Å². The van der Waals surface area contributed by atoms with Gasteiger partial charge in [-0.1, -0.05) is 18.2 Å². The molecular formula is C18H16N4O4S. The summed E-state index contributed by atoms with van der Waals surface area (Å²) < 4.78 is 1.17. The van der Waals surface area contributed by atoms with Crippen LogP contribution in [0.1, 0.15) is 11.4 Å². The van der Waals surface area contributed by atoms with Crippen LogP contribution in [0.2, 0.25) is 0 Å². The van der Waals surface area contributed by atoms with Crippen LogP contribution in [0.25, 0.3) is 10.9 Å². The number of hydrogen-bond donors (Lipinski definition) is 1. The number of rotatable bonds is 6. The first-order chi connectivity index (χ1) is 13.0. The first kappa shape index (κ1) is 18.7. The van der Waals surface area contributed by atoms with E-state index in [4.69, 9.17) is 5.11 Å². The van der Waals surface area contributed by atoms with Gasteiger partial charge in [0, 0.05) is 17.4 Å². The standard InChI is InChI=1S/C18H16N4O4S/c1-12-20-15-5-3-2-4-14(15)18(24)21(12)19-11-13-6-7-17(27-9-8-23)16(10-13)22(25)26/h2-7,10-11,23H,8-9H2,1H3/b19-11-. The van der Waals surface area contributed by atoms with Crippen LogP contribution in [0.4, 0.5) is 5.69 Å². The van der Waals surface area contributed by atoms with Crippen LogP contribution < -0.4 is 5.56 Å². The predicted molar refractivity (Wildman–Crippen MR) is 105 cm³/mol. The summed E-state index contributed by atoms with van der Waals surface area (Å²) in [6, 6.07) is 11.6. The van der Waals surface area contributed by atoms with Crippen molar-refractivity contribution in [2.24, 2.45) is 5.10 Å². The van der Waals surface area contributed by atoms with Gasteiger partial charge in [-0.25, -0.2) is 4.98 Å². The van der Waals surface area contributed by atoms with E-state index >= 15 is 0 Å². The molecule has 0 amide bonds. The van der Waals surface area contributed by atoms with Gasteiger partial charge < -0.3 is 5.11 Å². The predicted octanol–water partition coefficient (Wildman–Crippen LogP) is 2.58. The van der Waals surface area contributed by atoms with E-state index in [0.29, 0.717) is 32.9 Å². The maximum absolute atomic E-state index is 12.6. The molecule has 0 atom stereocenters. The first-order valence-corrected chi connectivity index (χ1v) is 9.04. The Morgan fingerprint density at radius 2 is 2.11 bits per heavy atom. The van der Waals surface area contributed by atoms with Crippen LogP contribution in [0.3, 0.4) is 0 Å². The summed E-state index contributed by atoms with van der Waals surface area (Å²) in [5.74, 6) is 0.783. The molecule has 0 saturated heterocycles. The van der Waals surface area contributed by atoms with Crippen molar-refractivity contribution in [3.8, 4) is 0 Å². The van der Waals surface area contributed by atoms with Crippen molar-refractivity contribution >= 4 is 34.6 Å². The maximum Gasteiger partial charge on any atom is 0.283 e. The third-order valence-corrected chi connectivity index (χ3v) is 4.81. The number of fused-ring (bicyclic) bond motifs is 1. The van der Waals surface area contributed by atoms with Crippen LogP contribution >= 0.6 is 11.8 Å². The Bertz CT molecular complexity index is 1090. The number of aromatic nitrogens is 2. The molecule has 3 aromatic rings. The molecule has 0 fully saturated rings. The second kappa shape index (κ2) is 8.11. The fraction of sp³-hybridized carbons (Fsp3) is 0.167. The van der Waals surface area contributed by atoms with Gasteiger partial charge in [0.15, 0.2) is 0 Å². The molecule has 2 aromatic carbocycles. The molecule has 0 bridgehead atoms. The zero-order valence-corrected chi connectivity index (χ0v) is 15.2. The minimum Gasteiger partial charge on any atom is -0.396 e. The molecule has 0 unspecified atom stereocenters. The van der Waals surface area contributed by atoms with Crippen LogP contribution in [0.5, 0.6) is 0 Å². The first-order valence-electron chi connectivity index (χ1n) is 8.06. The van der Waals surface area contributed by atoms with E-state index in [9.17, 15) is 14.9 Å². The number of nitro benzene ring substituents is 1. The van der Waals surface area contributed by atoms with Crippen molar-refractivity contribution in [2.45, 2.75) is 11.8 Å². The van der Waals surface area contributed by atoms with E-state index in [1.165, 1.54) is 28.7 Å². The second-order valence-electron chi connectivity index (χ2n) is 5.59. The minimum absolute atomic E-state index is 0.0673. The van der Waals surface area contributed by atoms with Crippen molar-refractivity contribution < 1.29 is 10.0 Å². The average molecular weight is 384 g/mol. The zero-order chi connectivity index (χ0) is 19.4. The molecule has 1 aromatic heterocycles. The van der Waals surface area contributed by atoms with Crippen LogP contribution in [0, 0.1) is 17.0 Å². The highest BCUT2D eigenvalue weighted by molar-refractivity contribution is 7.99. The van der Waals surface area contributed by atoms with Crippen LogP contribution in [0.15, 0.2) is 57.3 Å². The summed E-state index contributed by atoms with van der Waals surface area (Å²) >= 11 is 1.20. The van der Waals surface area contributed by atoms with Gasteiger partial charge in [0.2, 0.25) is 0 Å². The molecular weight excluding hydrogens is 368 g/mol. The molecule has 27 heavy (non-hydrogen) atoms. The lowest BCUT2D eigenvalue weighted by atomic mass is 10.2. The molecule has 8 nitrogen and oxygen atoms in total. The zero-order valence-electron chi connectivity index (χ0n) is 14.4. The van der Waals surface area contributed by atoms with E-state index in [-0.39, 0.29) is 17.9 Å². The fourth-order valence-electron chi connectivity index (χ4n) is 2.53. The molecule has 0 aliphatic carbocycles. The lowest BCUT2D eigenvalue weighted by Crippen LogP contribution is -2.20. The molecule has 0 aliphatic rings. The average Bonchev–Trinajstić information content (AvgIpc) is 2.66. The topological polar surface area (TPSA) is 111 Å². The number of nitrogens with zero attached hydrogens (tertiary/aromatic N) is 4.